The molecule has 4 nitrogen and oxygen atoms in total. The Morgan fingerprint density at radius 1 is 1.32 bits per heavy atom. The Balaban J connectivity index is 2.18. The summed E-state index contributed by atoms with van der Waals surface area (Å²) in [6, 6.07) is -0.907. The number of alkyl halides is 3. The molecule has 0 aromatic heterocycles. The highest BCUT2D eigenvalue weighted by molar-refractivity contribution is 5.95. The Morgan fingerprint density at radius 3 is 2.41 bits per heavy atom. The largest absolute Gasteiger partial charge is 0.408 e. The van der Waals surface area contributed by atoms with Gasteiger partial charge in [-0.15, -0.1) is 0 Å². The molecule has 0 saturated carbocycles. The van der Waals surface area contributed by atoms with Gasteiger partial charge in [-0.25, -0.2) is 8.78 Å². The van der Waals surface area contributed by atoms with Crippen LogP contribution in [0.15, 0.2) is 12.1 Å². The smallest absolute Gasteiger partial charge is 0.389 e. The number of amides is 1. The molecule has 1 aliphatic heterocycles. The first-order chi connectivity index (χ1) is 10.1. The second-order valence-electron chi connectivity index (χ2n) is 5.08. The SMILES string of the molecule is C[C@H](NC(=O)c1cc(F)c(N2CC(O)C2)cc1F)C(F)(F)F. The summed E-state index contributed by atoms with van der Waals surface area (Å²) in [6.07, 6.45) is -5.32. The average Bonchev–Trinajstić information content (AvgIpc) is 2.36. The number of aliphatic hydroxyl groups is 1. The molecule has 1 amide bonds. The number of nitrogens with one attached hydrogen (secondary N) is 1. The van der Waals surface area contributed by atoms with Crippen LogP contribution in [-0.2, 0) is 0 Å². The lowest BCUT2D eigenvalue weighted by molar-refractivity contribution is -0.149. The van der Waals surface area contributed by atoms with Crippen LogP contribution in [0.2, 0.25) is 0 Å². The van der Waals surface area contributed by atoms with Gasteiger partial charge >= 0.3 is 6.18 Å². The van der Waals surface area contributed by atoms with Crippen molar-refractivity contribution in [1.82, 2.24) is 5.32 Å². The van der Waals surface area contributed by atoms with E-state index in [0.717, 1.165) is 6.07 Å². The third-order valence-corrected chi connectivity index (χ3v) is 3.32. The third-order valence-electron chi connectivity index (χ3n) is 3.32. The fourth-order valence-electron chi connectivity index (χ4n) is 1.96. The Kier molecular flexibility index (Phi) is 4.28. The number of nitrogens with zero attached hydrogens (tertiary/aromatic N) is 1. The van der Waals surface area contributed by atoms with Crippen molar-refractivity contribution in [3.8, 4) is 0 Å². The molecule has 1 saturated heterocycles. The minimum Gasteiger partial charge on any atom is -0.389 e. The maximum atomic E-state index is 13.9. The molecule has 1 aromatic carbocycles. The van der Waals surface area contributed by atoms with Crippen molar-refractivity contribution in [3.63, 3.8) is 0 Å². The lowest BCUT2D eigenvalue weighted by Crippen LogP contribution is -2.51. The van der Waals surface area contributed by atoms with E-state index in [0.29, 0.717) is 13.0 Å². The molecular weight excluding hydrogens is 311 g/mol. The van der Waals surface area contributed by atoms with Gasteiger partial charge in [0, 0.05) is 19.2 Å². The van der Waals surface area contributed by atoms with E-state index in [1.165, 1.54) is 4.90 Å². The van der Waals surface area contributed by atoms with Crippen LogP contribution in [0.5, 0.6) is 0 Å². The number of aliphatic hydroxyl groups excluding tert-OH is 1. The summed E-state index contributed by atoms with van der Waals surface area (Å²) in [7, 11) is 0. The molecule has 9 heteroatoms. The maximum Gasteiger partial charge on any atom is 0.408 e. The monoisotopic (exact) mass is 324 g/mol. The summed E-state index contributed by atoms with van der Waals surface area (Å²) >= 11 is 0. The van der Waals surface area contributed by atoms with Crippen LogP contribution in [0, 0.1) is 11.6 Å². The van der Waals surface area contributed by atoms with Crippen LogP contribution in [-0.4, -0.2) is 42.4 Å². The quantitative estimate of drug-likeness (QED) is 0.834. The summed E-state index contributed by atoms with van der Waals surface area (Å²) in [6.45, 7) is 0.933. The summed E-state index contributed by atoms with van der Waals surface area (Å²) < 4.78 is 64.8. The van der Waals surface area contributed by atoms with E-state index >= 15 is 0 Å². The highest BCUT2D eigenvalue weighted by Gasteiger charge is 2.37. The standard InChI is InChI=1S/C13H13F5N2O2/c1-6(13(16,17)18)19-12(22)8-2-10(15)11(3-9(8)14)20-4-7(21)5-20/h2-3,6-7,21H,4-5H2,1H3,(H,19,22)/t6-/m0/s1. The number of halogens is 5. The third kappa shape index (κ3) is 3.29. The van der Waals surface area contributed by atoms with Crippen LogP contribution < -0.4 is 10.2 Å². The van der Waals surface area contributed by atoms with E-state index in [4.69, 9.17) is 5.11 Å². The van der Waals surface area contributed by atoms with Crippen molar-refractivity contribution in [2.24, 2.45) is 0 Å². The van der Waals surface area contributed by atoms with Gasteiger partial charge in [0.25, 0.3) is 5.91 Å². The summed E-state index contributed by atoms with van der Waals surface area (Å²) in [5.74, 6) is -3.43. The number of β-amino-alcohol motifs (C(OH)–C–C–N with tert-alkyl or cyclic N) is 1. The molecule has 0 spiro atoms. The molecule has 1 aliphatic rings. The molecule has 1 atom stereocenters. The van der Waals surface area contributed by atoms with Crippen LogP contribution in [0.3, 0.4) is 0 Å². The number of carbonyl (C=O) groups is 1. The van der Waals surface area contributed by atoms with Gasteiger partial charge in [-0.1, -0.05) is 0 Å². The van der Waals surface area contributed by atoms with Gasteiger partial charge in [0.1, 0.15) is 17.7 Å². The molecular formula is C13H13F5N2O2. The van der Waals surface area contributed by atoms with Gasteiger partial charge in [-0.3, -0.25) is 4.79 Å². The van der Waals surface area contributed by atoms with Crippen LogP contribution in [0.1, 0.15) is 17.3 Å². The lowest BCUT2D eigenvalue weighted by Gasteiger charge is -2.38. The number of rotatable bonds is 3. The molecule has 1 heterocycles. The van der Waals surface area contributed by atoms with Crippen molar-refractivity contribution in [2.75, 3.05) is 18.0 Å². The Hall–Kier alpha value is -1.90. The van der Waals surface area contributed by atoms with E-state index in [1.807, 2.05) is 0 Å². The summed E-state index contributed by atoms with van der Waals surface area (Å²) in [5.41, 5.74) is -0.957. The number of hydrogen-bond donors (Lipinski definition) is 2. The number of carbonyl (C=O) groups excluding carboxylic acids is 1. The molecule has 2 rings (SSSR count). The zero-order chi connectivity index (χ0) is 16.7. The maximum absolute atomic E-state index is 13.9. The average molecular weight is 324 g/mol. The molecule has 22 heavy (non-hydrogen) atoms. The number of benzene rings is 1. The molecule has 1 fully saturated rings. The Morgan fingerprint density at radius 2 is 1.91 bits per heavy atom. The van der Waals surface area contributed by atoms with Gasteiger partial charge in [0.05, 0.1) is 17.4 Å². The molecule has 2 N–H and O–H groups in total. The van der Waals surface area contributed by atoms with Crippen molar-refractivity contribution < 1.29 is 31.9 Å². The van der Waals surface area contributed by atoms with Crippen LogP contribution in [0.25, 0.3) is 0 Å². The number of hydrogen-bond acceptors (Lipinski definition) is 3. The fraction of sp³-hybridized carbons (Fsp3) is 0.462. The zero-order valence-corrected chi connectivity index (χ0v) is 11.4. The molecule has 0 radical (unpaired) electrons. The van der Waals surface area contributed by atoms with Gasteiger partial charge in [0.2, 0.25) is 0 Å². The molecule has 0 unspecified atom stereocenters. The molecule has 0 aliphatic carbocycles. The first-order valence-electron chi connectivity index (χ1n) is 6.39. The van der Waals surface area contributed by atoms with E-state index in [-0.39, 0.29) is 18.8 Å². The first-order valence-corrected chi connectivity index (χ1v) is 6.39. The predicted octanol–water partition coefficient (Wildman–Crippen LogP) is 1.83. The fourth-order valence-corrected chi connectivity index (χ4v) is 1.96. The van der Waals surface area contributed by atoms with Crippen molar-refractivity contribution in [2.45, 2.75) is 25.2 Å². The molecule has 122 valence electrons. The second-order valence-corrected chi connectivity index (χ2v) is 5.08. The minimum atomic E-state index is -4.68. The predicted molar refractivity (Wildman–Crippen MR) is 67.6 cm³/mol. The number of anilines is 1. The second kappa shape index (κ2) is 5.71. The zero-order valence-electron chi connectivity index (χ0n) is 11.4. The van der Waals surface area contributed by atoms with E-state index in [9.17, 15) is 26.7 Å². The molecule has 0 bridgehead atoms. The van der Waals surface area contributed by atoms with Gasteiger partial charge in [0.15, 0.2) is 0 Å². The van der Waals surface area contributed by atoms with Gasteiger partial charge < -0.3 is 15.3 Å². The van der Waals surface area contributed by atoms with Crippen molar-refractivity contribution >= 4 is 11.6 Å². The van der Waals surface area contributed by atoms with Crippen LogP contribution in [0.4, 0.5) is 27.6 Å². The van der Waals surface area contributed by atoms with Crippen LogP contribution >= 0.6 is 0 Å². The van der Waals surface area contributed by atoms with Gasteiger partial charge in [-0.2, -0.15) is 13.2 Å². The lowest BCUT2D eigenvalue weighted by atomic mass is 10.1. The van der Waals surface area contributed by atoms with E-state index in [2.05, 4.69) is 0 Å². The molecule has 1 aromatic rings. The Bertz CT molecular complexity index is 585. The van der Waals surface area contributed by atoms with E-state index in [1.54, 1.807) is 5.32 Å². The minimum absolute atomic E-state index is 0.118. The topological polar surface area (TPSA) is 52.6 Å². The van der Waals surface area contributed by atoms with Crippen molar-refractivity contribution in [3.05, 3.63) is 29.3 Å². The van der Waals surface area contributed by atoms with Crippen molar-refractivity contribution in [1.29, 1.82) is 0 Å². The summed E-state index contributed by atoms with van der Waals surface area (Å²) in [5, 5.41) is 10.7. The Labute approximate surface area is 122 Å². The highest BCUT2D eigenvalue weighted by Crippen LogP contribution is 2.27. The normalized spacial score (nSPS) is 17.1. The first kappa shape index (κ1) is 16.5. The highest BCUT2D eigenvalue weighted by atomic mass is 19.4. The van der Waals surface area contributed by atoms with Gasteiger partial charge in [-0.05, 0) is 13.0 Å². The summed E-state index contributed by atoms with van der Waals surface area (Å²) in [4.78, 5) is 13.0. The van der Waals surface area contributed by atoms with E-state index < -0.39 is 41.4 Å².